The monoisotopic (exact) mass is 658 g/mol. The predicted octanol–water partition coefficient (Wildman–Crippen LogP) is 3.72. The van der Waals surface area contributed by atoms with Crippen LogP contribution in [0.2, 0.25) is 0 Å². The van der Waals surface area contributed by atoms with Gasteiger partial charge in [-0.1, -0.05) is 0 Å². The Balaban J connectivity index is 0.00000480. The number of hydrogen-bond acceptors (Lipinski definition) is 11. The van der Waals surface area contributed by atoms with E-state index in [2.05, 4.69) is 50.1 Å². The third kappa shape index (κ3) is 7.90. The zero-order valence-electron chi connectivity index (χ0n) is 25.8. The quantitative estimate of drug-likeness (QED) is 0.348. The smallest absolute Gasteiger partial charge is 0.273 e. The summed E-state index contributed by atoms with van der Waals surface area (Å²) in [5.74, 6) is 0.962. The van der Waals surface area contributed by atoms with Gasteiger partial charge in [-0.15, -0.1) is 12.4 Å². The van der Waals surface area contributed by atoms with Crippen molar-refractivity contribution in [2.24, 2.45) is 0 Å². The average molecular weight is 659 g/mol. The molecule has 2 aliphatic heterocycles. The first-order valence-corrected chi connectivity index (χ1v) is 14.7. The SMILES string of the molecule is COc1nc(Nc2cc(-c3ccc(OC4CCN(C(=O)[C@@H](O)C(F)F)CC4)c(C#N)c3)ncn2)ccc1N1CCN(C)C[C@H]1C.Cl. The van der Waals surface area contributed by atoms with Gasteiger partial charge in [0.2, 0.25) is 5.88 Å². The van der Waals surface area contributed by atoms with Gasteiger partial charge in [-0.05, 0) is 44.3 Å². The molecule has 2 atom stereocenters. The number of carbonyl (C=O) groups is 1. The molecule has 15 heteroatoms. The fourth-order valence-electron chi connectivity index (χ4n) is 5.63. The second-order valence-corrected chi connectivity index (χ2v) is 11.2. The van der Waals surface area contributed by atoms with Crippen LogP contribution in [-0.2, 0) is 4.79 Å². The van der Waals surface area contributed by atoms with Gasteiger partial charge < -0.3 is 34.6 Å². The first-order chi connectivity index (χ1) is 21.7. The van der Waals surface area contributed by atoms with Crippen molar-refractivity contribution in [2.75, 3.05) is 57.1 Å². The number of halogens is 3. The molecule has 246 valence electrons. The number of aromatic nitrogens is 3. The molecule has 2 aliphatic rings. The van der Waals surface area contributed by atoms with Gasteiger partial charge in [0.15, 0.2) is 6.10 Å². The van der Waals surface area contributed by atoms with E-state index < -0.39 is 18.4 Å². The molecule has 2 aromatic heterocycles. The molecule has 46 heavy (non-hydrogen) atoms. The van der Waals surface area contributed by atoms with Gasteiger partial charge in [0.05, 0.1) is 18.4 Å². The van der Waals surface area contributed by atoms with Crippen molar-refractivity contribution in [2.45, 2.75) is 44.4 Å². The Bertz CT molecular complexity index is 1550. The number of ether oxygens (including phenoxy) is 2. The number of piperazine rings is 1. The van der Waals surface area contributed by atoms with E-state index in [1.54, 1.807) is 31.4 Å². The first-order valence-electron chi connectivity index (χ1n) is 14.7. The Kier molecular flexibility index (Phi) is 11.5. The standard InChI is InChI=1S/C31H36F2N8O4.ClH/c1-19-17-39(2)12-13-41(19)24-5-7-26(38-30(24)44-3)37-27-15-23(35-18-36-27)20-4-6-25(21(14-20)16-34)45-22-8-10-40(11-9-22)31(43)28(42)29(32)33;/h4-7,14-15,18-19,22,28-29,42H,8-13,17H2,1-3H3,(H,35,36,37,38);1H/t19-,28+;/m1./s1. The molecule has 4 heterocycles. The highest BCUT2D eigenvalue weighted by Gasteiger charge is 2.33. The largest absolute Gasteiger partial charge is 0.489 e. The molecule has 2 N–H and O–H groups in total. The van der Waals surface area contributed by atoms with E-state index in [9.17, 15) is 23.9 Å². The van der Waals surface area contributed by atoms with Gasteiger partial charge in [0.25, 0.3) is 12.3 Å². The molecule has 0 radical (unpaired) electrons. The number of piperidine rings is 1. The fourth-order valence-corrected chi connectivity index (χ4v) is 5.63. The number of amides is 1. The Hall–Kier alpha value is -4.32. The van der Waals surface area contributed by atoms with E-state index in [-0.39, 0.29) is 31.6 Å². The minimum atomic E-state index is -3.13. The lowest BCUT2D eigenvalue weighted by Crippen LogP contribution is -2.50. The number of aliphatic hydroxyl groups excluding tert-OH is 1. The van der Waals surface area contributed by atoms with Gasteiger partial charge in [-0.25, -0.2) is 18.7 Å². The topological polar surface area (TPSA) is 140 Å². The Morgan fingerprint density at radius 1 is 1.11 bits per heavy atom. The van der Waals surface area contributed by atoms with Crippen LogP contribution in [0.1, 0.15) is 25.3 Å². The van der Waals surface area contributed by atoms with Crippen molar-refractivity contribution in [3.05, 3.63) is 48.3 Å². The van der Waals surface area contributed by atoms with Gasteiger partial charge >= 0.3 is 0 Å². The molecule has 0 bridgehead atoms. The molecule has 12 nitrogen and oxygen atoms in total. The summed E-state index contributed by atoms with van der Waals surface area (Å²) < 4.78 is 37.1. The summed E-state index contributed by atoms with van der Waals surface area (Å²) >= 11 is 0. The third-order valence-corrected chi connectivity index (χ3v) is 8.03. The highest BCUT2D eigenvalue weighted by atomic mass is 35.5. The highest BCUT2D eigenvalue weighted by Crippen LogP contribution is 2.32. The van der Waals surface area contributed by atoms with Crippen LogP contribution in [0.3, 0.4) is 0 Å². The lowest BCUT2D eigenvalue weighted by Gasteiger charge is -2.40. The molecule has 1 amide bonds. The summed E-state index contributed by atoms with van der Waals surface area (Å²) in [7, 11) is 3.72. The van der Waals surface area contributed by atoms with Crippen LogP contribution in [0.25, 0.3) is 11.3 Å². The van der Waals surface area contributed by atoms with Crippen molar-refractivity contribution in [3.8, 4) is 29.0 Å². The summed E-state index contributed by atoms with van der Waals surface area (Å²) in [6.45, 7) is 5.30. The van der Waals surface area contributed by atoms with Crippen molar-refractivity contribution >= 4 is 35.6 Å². The number of nitrogens with zero attached hydrogens (tertiary/aromatic N) is 7. The normalized spacial score (nSPS) is 18.0. The number of carbonyl (C=O) groups excluding carboxylic acids is 1. The number of methoxy groups -OCH3 is 1. The Morgan fingerprint density at radius 2 is 1.87 bits per heavy atom. The maximum Gasteiger partial charge on any atom is 0.273 e. The number of anilines is 3. The molecule has 0 aliphatic carbocycles. The summed E-state index contributed by atoms with van der Waals surface area (Å²) in [6.07, 6.45) is -3.60. The van der Waals surface area contributed by atoms with Crippen LogP contribution >= 0.6 is 12.4 Å². The summed E-state index contributed by atoms with van der Waals surface area (Å²) in [5.41, 5.74) is 2.49. The minimum Gasteiger partial charge on any atom is -0.489 e. The van der Waals surface area contributed by atoms with Crippen LogP contribution in [0.15, 0.2) is 42.7 Å². The molecule has 3 aromatic rings. The molecule has 2 saturated heterocycles. The van der Waals surface area contributed by atoms with Crippen LogP contribution in [0.4, 0.5) is 26.1 Å². The Morgan fingerprint density at radius 3 is 2.54 bits per heavy atom. The molecule has 0 spiro atoms. The molecular weight excluding hydrogens is 622 g/mol. The maximum atomic E-state index is 12.7. The fraction of sp³-hybridized carbons (Fsp3) is 0.452. The van der Waals surface area contributed by atoms with E-state index in [1.165, 1.54) is 11.2 Å². The second-order valence-electron chi connectivity index (χ2n) is 11.2. The van der Waals surface area contributed by atoms with Crippen molar-refractivity contribution < 1.29 is 28.2 Å². The molecule has 1 aromatic carbocycles. The number of nitriles is 1. The molecule has 2 fully saturated rings. The minimum absolute atomic E-state index is 0. The van der Waals surface area contributed by atoms with Gasteiger partial charge in [-0.2, -0.15) is 10.2 Å². The molecule has 0 saturated carbocycles. The number of aliphatic hydroxyl groups is 1. The lowest BCUT2D eigenvalue weighted by atomic mass is 10.1. The van der Waals surface area contributed by atoms with Crippen LogP contribution in [0, 0.1) is 11.3 Å². The number of alkyl halides is 2. The number of benzene rings is 1. The molecule has 5 rings (SSSR count). The van der Waals surface area contributed by atoms with E-state index in [0.717, 1.165) is 25.3 Å². The van der Waals surface area contributed by atoms with E-state index in [0.29, 0.717) is 59.0 Å². The number of nitrogens with one attached hydrogen (secondary N) is 1. The Labute approximate surface area is 272 Å². The van der Waals surface area contributed by atoms with Gasteiger partial charge in [0, 0.05) is 63.2 Å². The van der Waals surface area contributed by atoms with E-state index in [1.807, 2.05) is 12.1 Å². The summed E-state index contributed by atoms with van der Waals surface area (Å²) in [5, 5.41) is 22.4. The predicted molar refractivity (Wildman–Crippen MR) is 170 cm³/mol. The number of likely N-dealkylation sites (tertiary alicyclic amines) is 1. The average Bonchev–Trinajstić information content (AvgIpc) is 3.05. The van der Waals surface area contributed by atoms with Crippen molar-refractivity contribution in [1.29, 1.82) is 5.26 Å². The number of likely N-dealkylation sites (N-methyl/N-ethyl adjacent to an activating group) is 1. The number of hydrogen-bond donors (Lipinski definition) is 2. The van der Waals surface area contributed by atoms with Crippen molar-refractivity contribution in [1.82, 2.24) is 24.8 Å². The van der Waals surface area contributed by atoms with Crippen molar-refractivity contribution in [3.63, 3.8) is 0 Å². The second kappa shape index (κ2) is 15.3. The van der Waals surface area contributed by atoms with E-state index in [4.69, 9.17) is 9.47 Å². The maximum absolute atomic E-state index is 12.7. The molecule has 0 unspecified atom stereocenters. The van der Waals surface area contributed by atoms with Crippen LogP contribution < -0.4 is 19.7 Å². The molecular formula is C31H37ClF2N8O4. The van der Waals surface area contributed by atoms with Gasteiger partial charge in [0.1, 0.15) is 41.6 Å². The zero-order valence-corrected chi connectivity index (χ0v) is 26.6. The summed E-state index contributed by atoms with van der Waals surface area (Å²) in [4.78, 5) is 31.2. The number of rotatable bonds is 9. The van der Waals surface area contributed by atoms with E-state index >= 15 is 0 Å². The van der Waals surface area contributed by atoms with Gasteiger partial charge in [-0.3, -0.25) is 4.79 Å². The zero-order chi connectivity index (χ0) is 32.1. The first kappa shape index (κ1) is 34.6. The summed E-state index contributed by atoms with van der Waals surface area (Å²) in [6, 6.07) is 13.2. The lowest BCUT2D eigenvalue weighted by molar-refractivity contribution is -0.150. The third-order valence-electron chi connectivity index (χ3n) is 8.03. The number of pyridine rings is 1. The highest BCUT2D eigenvalue weighted by molar-refractivity contribution is 5.85. The van der Waals surface area contributed by atoms with Crippen LogP contribution in [-0.4, -0.2) is 107 Å². The van der Waals surface area contributed by atoms with Crippen LogP contribution in [0.5, 0.6) is 11.6 Å².